The maximum atomic E-state index is 11.9. The molecule has 3 N–H and O–H groups in total. The number of carbonyl (C=O) groups is 1. The minimum atomic E-state index is -0.0603. The quantitative estimate of drug-likeness (QED) is 0.781. The topological polar surface area (TPSA) is 56.9 Å². The van der Waals surface area contributed by atoms with Gasteiger partial charge < -0.3 is 15.6 Å². The van der Waals surface area contributed by atoms with Gasteiger partial charge in [0.05, 0.1) is 0 Å². The zero-order chi connectivity index (χ0) is 13.1. The van der Waals surface area contributed by atoms with Gasteiger partial charge in [-0.15, -0.1) is 0 Å². The van der Waals surface area contributed by atoms with Gasteiger partial charge in [-0.05, 0) is 36.2 Å². The molecule has 2 heterocycles. The fourth-order valence-electron chi connectivity index (χ4n) is 2.54. The highest BCUT2D eigenvalue weighted by molar-refractivity contribution is 5.92. The van der Waals surface area contributed by atoms with E-state index in [4.69, 9.17) is 0 Å². The highest BCUT2D eigenvalue weighted by Crippen LogP contribution is 2.21. The van der Waals surface area contributed by atoms with Gasteiger partial charge in [-0.1, -0.05) is 24.3 Å². The Balaban J connectivity index is 1.67. The first-order chi connectivity index (χ1) is 9.34. The van der Waals surface area contributed by atoms with E-state index in [0.717, 1.165) is 13.0 Å². The van der Waals surface area contributed by atoms with Gasteiger partial charge in [0.1, 0.15) is 5.69 Å². The van der Waals surface area contributed by atoms with Crippen LogP contribution in [0.4, 0.5) is 0 Å². The van der Waals surface area contributed by atoms with Crippen molar-refractivity contribution in [1.82, 2.24) is 15.6 Å². The van der Waals surface area contributed by atoms with Crippen molar-refractivity contribution in [1.29, 1.82) is 0 Å². The molecule has 19 heavy (non-hydrogen) atoms. The molecule has 1 atom stereocenters. The van der Waals surface area contributed by atoms with Crippen molar-refractivity contribution in [3.63, 3.8) is 0 Å². The number of aromatic nitrogens is 1. The van der Waals surface area contributed by atoms with E-state index < -0.39 is 0 Å². The summed E-state index contributed by atoms with van der Waals surface area (Å²) in [5.41, 5.74) is 3.27. The number of carbonyl (C=O) groups excluding carboxylic acids is 1. The number of hydrogen-bond donors (Lipinski definition) is 3. The molecular weight excluding hydrogens is 238 g/mol. The molecule has 0 aliphatic carbocycles. The molecule has 2 aromatic rings. The van der Waals surface area contributed by atoms with Crippen LogP contribution in [0.2, 0.25) is 0 Å². The minimum Gasteiger partial charge on any atom is -0.357 e. The van der Waals surface area contributed by atoms with Gasteiger partial charge in [0, 0.05) is 18.8 Å². The van der Waals surface area contributed by atoms with Crippen molar-refractivity contribution in [3.05, 3.63) is 59.4 Å². The third-order valence-corrected chi connectivity index (χ3v) is 3.52. The molecule has 0 radical (unpaired) electrons. The van der Waals surface area contributed by atoms with E-state index in [9.17, 15) is 4.79 Å². The molecular formula is C15H17N3O. The highest BCUT2D eigenvalue weighted by Gasteiger charge is 2.19. The number of benzene rings is 1. The Morgan fingerprint density at radius 2 is 2.16 bits per heavy atom. The fraction of sp³-hybridized carbons (Fsp3) is 0.267. The number of nitrogens with one attached hydrogen (secondary N) is 3. The summed E-state index contributed by atoms with van der Waals surface area (Å²) in [5.74, 6) is -0.0603. The lowest BCUT2D eigenvalue weighted by molar-refractivity contribution is 0.0944. The second-order valence-electron chi connectivity index (χ2n) is 4.75. The molecule has 3 rings (SSSR count). The number of fused-ring (bicyclic) bond motifs is 1. The Bertz CT molecular complexity index is 563. The second kappa shape index (κ2) is 5.28. The van der Waals surface area contributed by atoms with E-state index >= 15 is 0 Å². The molecule has 4 heteroatoms. The van der Waals surface area contributed by atoms with Crippen molar-refractivity contribution >= 4 is 5.91 Å². The van der Waals surface area contributed by atoms with Crippen LogP contribution in [-0.4, -0.2) is 24.0 Å². The van der Waals surface area contributed by atoms with Crippen LogP contribution in [0.25, 0.3) is 0 Å². The SMILES string of the molecule is O=C(NCC1NCCc2ccccc21)c1ccc[nH]1. The number of rotatable bonds is 3. The van der Waals surface area contributed by atoms with Crippen molar-refractivity contribution in [3.8, 4) is 0 Å². The Labute approximate surface area is 112 Å². The molecule has 0 saturated carbocycles. The van der Waals surface area contributed by atoms with Crippen LogP contribution in [0.1, 0.15) is 27.7 Å². The summed E-state index contributed by atoms with van der Waals surface area (Å²) in [6, 6.07) is 12.2. The maximum absolute atomic E-state index is 11.9. The van der Waals surface area contributed by atoms with Crippen molar-refractivity contribution in [2.45, 2.75) is 12.5 Å². The minimum absolute atomic E-state index is 0.0603. The standard InChI is InChI=1S/C15H17N3O/c19-15(13-6-3-8-16-13)18-10-14-12-5-2-1-4-11(12)7-9-17-14/h1-6,8,14,16-17H,7,9-10H2,(H,18,19). The molecule has 1 aliphatic heterocycles. The summed E-state index contributed by atoms with van der Waals surface area (Å²) >= 11 is 0. The number of amides is 1. The second-order valence-corrected chi connectivity index (χ2v) is 4.75. The average Bonchev–Trinajstić information content (AvgIpc) is 2.99. The molecule has 0 saturated heterocycles. The number of hydrogen-bond acceptors (Lipinski definition) is 2. The van der Waals surface area contributed by atoms with Crippen LogP contribution in [-0.2, 0) is 6.42 Å². The van der Waals surface area contributed by atoms with Gasteiger partial charge in [0.2, 0.25) is 0 Å². The molecule has 0 bridgehead atoms. The Kier molecular flexibility index (Phi) is 3.33. The van der Waals surface area contributed by atoms with E-state index in [1.165, 1.54) is 11.1 Å². The van der Waals surface area contributed by atoms with Crippen LogP contribution in [0.15, 0.2) is 42.6 Å². The highest BCUT2D eigenvalue weighted by atomic mass is 16.1. The fourth-order valence-corrected chi connectivity index (χ4v) is 2.54. The van der Waals surface area contributed by atoms with Gasteiger partial charge in [-0.3, -0.25) is 4.79 Å². The summed E-state index contributed by atoms with van der Waals surface area (Å²) in [4.78, 5) is 14.8. The lowest BCUT2D eigenvalue weighted by Gasteiger charge is -2.27. The first kappa shape index (κ1) is 12.0. The Morgan fingerprint density at radius 1 is 1.26 bits per heavy atom. The lowest BCUT2D eigenvalue weighted by atomic mass is 9.94. The predicted octanol–water partition coefficient (Wildman–Crippen LogP) is 1.63. The van der Waals surface area contributed by atoms with E-state index in [1.807, 2.05) is 12.1 Å². The van der Waals surface area contributed by atoms with E-state index in [1.54, 1.807) is 12.3 Å². The van der Waals surface area contributed by atoms with Crippen molar-refractivity contribution in [2.75, 3.05) is 13.1 Å². The van der Waals surface area contributed by atoms with Crippen LogP contribution >= 0.6 is 0 Å². The molecule has 1 unspecified atom stereocenters. The lowest BCUT2D eigenvalue weighted by Crippen LogP contribution is -2.38. The summed E-state index contributed by atoms with van der Waals surface area (Å²) in [6.07, 6.45) is 2.81. The first-order valence-corrected chi connectivity index (χ1v) is 6.57. The molecule has 98 valence electrons. The van der Waals surface area contributed by atoms with Gasteiger partial charge in [-0.25, -0.2) is 0 Å². The summed E-state index contributed by atoms with van der Waals surface area (Å²) in [6.45, 7) is 1.56. The molecule has 1 amide bonds. The molecule has 1 aliphatic rings. The summed E-state index contributed by atoms with van der Waals surface area (Å²) < 4.78 is 0. The third-order valence-electron chi connectivity index (χ3n) is 3.52. The molecule has 1 aromatic heterocycles. The van der Waals surface area contributed by atoms with E-state index in [-0.39, 0.29) is 11.9 Å². The van der Waals surface area contributed by atoms with Gasteiger partial charge >= 0.3 is 0 Å². The van der Waals surface area contributed by atoms with Crippen molar-refractivity contribution in [2.24, 2.45) is 0 Å². The maximum Gasteiger partial charge on any atom is 0.267 e. The van der Waals surface area contributed by atoms with Gasteiger partial charge in [-0.2, -0.15) is 0 Å². The van der Waals surface area contributed by atoms with Crippen LogP contribution < -0.4 is 10.6 Å². The average molecular weight is 255 g/mol. The van der Waals surface area contributed by atoms with Gasteiger partial charge in [0.25, 0.3) is 5.91 Å². The molecule has 4 nitrogen and oxygen atoms in total. The third kappa shape index (κ3) is 2.53. The zero-order valence-electron chi connectivity index (χ0n) is 10.6. The molecule has 0 fully saturated rings. The number of H-pyrrole nitrogens is 1. The first-order valence-electron chi connectivity index (χ1n) is 6.57. The Hall–Kier alpha value is -2.07. The van der Waals surface area contributed by atoms with Gasteiger partial charge in [0.15, 0.2) is 0 Å². The number of aromatic amines is 1. The summed E-state index contributed by atoms with van der Waals surface area (Å²) in [7, 11) is 0. The normalized spacial score (nSPS) is 17.8. The van der Waals surface area contributed by atoms with Crippen LogP contribution in [0.5, 0.6) is 0 Å². The zero-order valence-corrected chi connectivity index (χ0v) is 10.6. The largest absolute Gasteiger partial charge is 0.357 e. The van der Waals surface area contributed by atoms with Crippen LogP contribution in [0.3, 0.4) is 0 Å². The van der Waals surface area contributed by atoms with E-state index in [2.05, 4.69) is 33.8 Å². The van der Waals surface area contributed by atoms with Crippen molar-refractivity contribution < 1.29 is 4.79 Å². The van der Waals surface area contributed by atoms with E-state index in [0.29, 0.717) is 12.2 Å². The Morgan fingerprint density at radius 3 is 3.00 bits per heavy atom. The molecule has 1 aromatic carbocycles. The smallest absolute Gasteiger partial charge is 0.267 e. The summed E-state index contributed by atoms with van der Waals surface area (Å²) in [5, 5.41) is 6.41. The predicted molar refractivity (Wildman–Crippen MR) is 74.0 cm³/mol. The van der Waals surface area contributed by atoms with Crippen LogP contribution in [0, 0.1) is 0 Å². The molecule has 0 spiro atoms. The monoisotopic (exact) mass is 255 g/mol.